The number of thioether (sulfide) groups is 1. The number of nitrogens with one attached hydrogen (secondary N) is 1. The Morgan fingerprint density at radius 2 is 1.78 bits per heavy atom. The molecule has 9 nitrogen and oxygen atoms in total. The maximum Gasteiger partial charge on any atom is 0.395 e. The number of aliphatic carboxylic acids is 1. The van der Waals surface area contributed by atoms with Crippen molar-refractivity contribution in [3.8, 4) is 0 Å². The van der Waals surface area contributed by atoms with Crippen molar-refractivity contribution in [2.24, 2.45) is 17.8 Å². The third-order valence-electron chi connectivity index (χ3n) is 8.92. The molecule has 3 aliphatic rings. The molecule has 2 aromatic rings. The number of benzene rings is 1. The number of carbonyl (C=O) groups excluding carboxylic acids is 2. The molecule has 12 heteroatoms. The summed E-state index contributed by atoms with van der Waals surface area (Å²) in [6.07, 6.45) is 10.2. The van der Waals surface area contributed by atoms with E-state index in [0.29, 0.717) is 29.4 Å². The van der Waals surface area contributed by atoms with E-state index in [9.17, 15) is 24.1 Å². The van der Waals surface area contributed by atoms with Crippen LogP contribution in [0, 0.1) is 17.8 Å². The fourth-order valence-corrected chi connectivity index (χ4v) is 9.23. The molecule has 3 atom stereocenters. The van der Waals surface area contributed by atoms with Crippen molar-refractivity contribution in [2.75, 3.05) is 18.6 Å². The fourth-order valence-electron chi connectivity index (χ4n) is 6.53. The van der Waals surface area contributed by atoms with Crippen molar-refractivity contribution in [3.63, 3.8) is 0 Å². The maximum absolute atomic E-state index is 14.3. The molecule has 0 radical (unpaired) electrons. The Hall–Kier alpha value is -2.59. The summed E-state index contributed by atoms with van der Waals surface area (Å²) in [5.41, 5.74) is 4.08. The topological polar surface area (TPSA) is 126 Å². The number of aromatic nitrogens is 1. The highest BCUT2D eigenvalue weighted by molar-refractivity contribution is 8.04. The number of nitrogens with zero attached hydrogens (tertiary/aromatic N) is 2. The highest BCUT2D eigenvalue weighted by Crippen LogP contribution is 2.49. The number of carboxylic acids is 1. The molecule has 0 bridgehead atoms. The van der Waals surface area contributed by atoms with Gasteiger partial charge in [0.25, 0.3) is 5.91 Å². The summed E-state index contributed by atoms with van der Waals surface area (Å²) in [4.78, 5) is 43.6. The van der Waals surface area contributed by atoms with Crippen LogP contribution >= 0.6 is 30.5 Å². The van der Waals surface area contributed by atoms with Crippen LogP contribution in [0.4, 0.5) is 5.69 Å². The molecular formula is C33H43N3O6PS2+. The van der Waals surface area contributed by atoms with E-state index in [1.54, 1.807) is 28.8 Å². The quantitative estimate of drug-likeness (QED) is 0.120. The minimum atomic E-state index is -2.59. The number of hydrogen-bond donors (Lipinski definition) is 2. The second-order valence-electron chi connectivity index (χ2n) is 12.9. The van der Waals surface area contributed by atoms with E-state index >= 15 is 0 Å². The monoisotopic (exact) mass is 672 g/mol. The van der Waals surface area contributed by atoms with Crippen LogP contribution in [0.2, 0.25) is 0 Å². The fraction of sp³-hybridized carbons (Fsp3) is 0.545. The average molecular weight is 673 g/mol. The number of allylic oxidation sites excluding steroid dienone is 1. The normalized spacial score (nSPS) is 26.4. The van der Waals surface area contributed by atoms with E-state index in [-0.39, 0.29) is 39.9 Å². The van der Waals surface area contributed by atoms with Crippen molar-refractivity contribution >= 4 is 60.2 Å². The molecule has 2 fully saturated rings. The van der Waals surface area contributed by atoms with Gasteiger partial charge >= 0.3 is 11.9 Å². The molecule has 242 valence electrons. The van der Waals surface area contributed by atoms with Crippen molar-refractivity contribution in [1.82, 2.24) is 4.98 Å². The molecule has 2 heterocycles. The molecule has 2 N–H and O–H groups in total. The molecule has 2 aliphatic carbocycles. The number of rotatable bonds is 9. The largest absolute Gasteiger partial charge is 0.477 e. The number of carbonyl (C=O) groups is 3. The second-order valence-corrected chi connectivity index (χ2v) is 17.5. The van der Waals surface area contributed by atoms with E-state index < -0.39 is 13.3 Å². The Balaban J connectivity index is 1.37. The maximum atomic E-state index is 14.3. The minimum Gasteiger partial charge on any atom is -0.477 e. The van der Waals surface area contributed by atoms with Gasteiger partial charge in [-0.2, -0.15) is 0 Å². The molecule has 45 heavy (non-hydrogen) atoms. The Morgan fingerprint density at radius 3 is 2.42 bits per heavy atom. The van der Waals surface area contributed by atoms with Gasteiger partial charge in [-0.05, 0) is 68.6 Å². The van der Waals surface area contributed by atoms with Gasteiger partial charge < -0.3 is 14.9 Å². The molecule has 1 aromatic carbocycles. The van der Waals surface area contributed by atoms with E-state index in [1.165, 1.54) is 23.1 Å². The number of hydrogen-bond acceptors (Lipinski definition) is 8. The average Bonchev–Trinajstić information content (AvgIpc) is 3.65. The van der Waals surface area contributed by atoms with E-state index in [4.69, 9.17) is 4.52 Å². The van der Waals surface area contributed by atoms with Crippen LogP contribution in [0.25, 0.3) is 0 Å². The Bertz CT molecular complexity index is 1490. The van der Waals surface area contributed by atoms with Gasteiger partial charge in [0, 0.05) is 35.6 Å². The molecule has 0 saturated heterocycles. The highest BCUT2D eigenvalue weighted by Gasteiger charge is 2.43. The predicted octanol–water partition coefficient (Wildman–Crippen LogP) is 7.81. The third kappa shape index (κ3) is 9.03. The Kier molecular flexibility index (Phi) is 11.2. The van der Waals surface area contributed by atoms with Gasteiger partial charge in [0.05, 0.1) is 24.0 Å². The molecule has 0 spiro atoms. The van der Waals surface area contributed by atoms with E-state index in [2.05, 4.69) is 17.2 Å². The lowest BCUT2D eigenvalue weighted by atomic mass is 9.88. The van der Waals surface area contributed by atoms with Gasteiger partial charge in [-0.15, -0.1) is 27.7 Å². The SMILES string of the molecule is CC1CCCC(C(=O)[N+](=CC2CCC(OP(C)(C)=O)CC2)C2=C(C(=O)O)SC(c3ccc(NC(=O)c4cscn4)cc3)C2)CC1. The van der Waals surface area contributed by atoms with Crippen LogP contribution in [0.1, 0.15) is 92.4 Å². The van der Waals surface area contributed by atoms with Gasteiger partial charge in [-0.25, -0.2) is 14.6 Å². The zero-order valence-electron chi connectivity index (χ0n) is 26.1. The number of amides is 2. The first-order chi connectivity index (χ1) is 21.5. The molecule has 1 aliphatic heterocycles. The lowest BCUT2D eigenvalue weighted by Gasteiger charge is -2.27. The molecular weight excluding hydrogens is 629 g/mol. The standard InChI is InChI=1S/C33H42N3O6PS2/c1-21-5-4-6-24(10-7-21)32(38)36(18-22-8-15-26(16-9-22)42-43(2,3)41)28-17-29(45-30(28)33(39)40)23-11-13-25(14-12-23)35-31(37)27-19-44-20-34-27/h11-14,18-22,24,26,29H,4-10,15-17H2,1-3H3,(H-,35,37,39,40)/p+1. The van der Waals surface area contributed by atoms with Crippen LogP contribution in [0.15, 0.2) is 45.8 Å². The van der Waals surface area contributed by atoms with Gasteiger partial charge in [0.1, 0.15) is 5.69 Å². The molecule has 2 amide bonds. The summed E-state index contributed by atoms with van der Waals surface area (Å²) >= 11 is 2.64. The van der Waals surface area contributed by atoms with Crippen molar-refractivity contribution < 1.29 is 33.2 Å². The zero-order valence-corrected chi connectivity index (χ0v) is 28.7. The lowest BCUT2D eigenvalue weighted by Crippen LogP contribution is -2.32. The van der Waals surface area contributed by atoms with Gasteiger partial charge in [0.15, 0.2) is 18.5 Å². The molecule has 3 unspecified atom stereocenters. The first kappa shape index (κ1) is 33.8. The number of anilines is 1. The van der Waals surface area contributed by atoms with Crippen LogP contribution in [0.5, 0.6) is 0 Å². The summed E-state index contributed by atoms with van der Waals surface area (Å²) < 4.78 is 19.7. The Labute approximate surface area is 273 Å². The highest BCUT2D eigenvalue weighted by atomic mass is 32.2. The van der Waals surface area contributed by atoms with E-state index in [1.807, 2.05) is 30.5 Å². The summed E-state index contributed by atoms with van der Waals surface area (Å²) in [5.74, 6) is -0.762. The smallest absolute Gasteiger partial charge is 0.395 e. The molecule has 1 aromatic heterocycles. The minimum absolute atomic E-state index is 0.00388. The van der Waals surface area contributed by atoms with Crippen LogP contribution in [-0.4, -0.2) is 58.1 Å². The summed E-state index contributed by atoms with van der Waals surface area (Å²) in [5, 5.41) is 14.7. The lowest BCUT2D eigenvalue weighted by molar-refractivity contribution is -0.406. The van der Waals surface area contributed by atoms with Crippen molar-refractivity contribution in [3.05, 3.63) is 57.0 Å². The first-order valence-electron chi connectivity index (χ1n) is 15.8. The summed E-state index contributed by atoms with van der Waals surface area (Å²) in [6.45, 7) is 5.51. The third-order valence-corrected chi connectivity index (χ3v) is 11.7. The van der Waals surface area contributed by atoms with E-state index in [0.717, 1.165) is 63.4 Å². The Morgan fingerprint density at radius 1 is 1.04 bits per heavy atom. The van der Waals surface area contributed by atoms with Crippen LogP contribution in [0.3, 0.4) is 0 Å². The van der Waals surface area contributed by atoms with Gasteiger partial charge in [-0.3, -0.25) is 9.36 Å². The summed E-state index contributed by atoms with van der Waals surface area (Å²) in [6, 6.07) is 7.43. The van der Waals surface area contributed by atoms with Crippen molar-refractivity contribution in [1.29, 1.82) is 0 Å². The number of thiazole rings is 1. The van der Waals surface area contributed by atoms with Gasteiger partial charge in [-0.1, -0.05) is 31.9 Å². The van der Waals surface area contributed by atoms with Crippen LogP contribution in [-0.2, 0) is 18.7 Å². The zero-order chi connectivity index (χ0) is 32.1. The first-order valence-corrected chi connectivity index (χ1v) is 20.1. The summed E-state index contributed by atoms with van der Waals surface area (Å²) in [7, 11) is -2.59. The van der Waals surface area contributed by atoms with Gasteiger partial charge in [0.2, 0.25) is 5.70 Å². The predicted molar refractivity (Wildman–Crippen MR) is 179 cm³/mol. The molecule has 2 saturated carbocycles. The molecule has 5 rings (SSSR count). The van der Waals surface area contributed by atoms with Crippen molar-refractivity contribution in [2.45, 2.75) is 82.5 Å². The number of carboxylic acid groups (broad SMARTS) is 1. The van der Waals surface area contributed by atoms with Crippen LogP contribution < -0.4 is 5.32 Å². The second kappa shape index (κ2) is 14.9.